The summed E-state index contributed by atoms with van der Waals surface area (Å²) in [6, 6.07) is 7.03. The normalized spacial score (nSPS) is 14.5. The molecule has 9 nitrogen and oxygen atoms in total. The summed E-state index contributed by atoms with van der Waals surface area (Å²) in [5.74, 6) is -2.05. The number of nitrogens with zero attached hydrogens (tertiary/aromatic N) is 2. The quantitative estimate of drug-likeness (QED) is 0.319. The Morgan fingerprint density at radius 2 is 1.95 bits per heavy atom. The molecule has 3 heterocycles. The number of fused-ring (bicyclic) bond motifs is 4. The smallest absolute Gasteiger partial charge is 0.351 e. The third-order valence-electron chi connectivity index (χ3n) is 7.43. The highest BCUT2D eigenvalue weighted by atomic mass is 16.6. The molecule has 0 amide bonds. The molecule has 1 aliphatic heterocycles. The van der Waals surface area contributed by atoms with Gasteiger partial charge in [0.2, 0.25) is 5.60 Å². The van der Waals surface area contributed by atoms with Gasteiger partial charge in [-0.1, -0.05) is 27.2 Å². The molecular weight excluding hydrogens is 488 g/mol. The van der Waals surface area contributed by atoms with Crippen molar-refractivity contribution in [3.05, 3.63) is 56.9 Å². The summed E-state index contributed by atoms with van der Waals surface area (Å²) >= 11 is 0. The maximum Gasteiger partial charge on any atom is 0.351 e. The van der Waals surface area contributed by atoms with Gasteiger partial charge in [-0.15, -0.1) is 0 Å². The molecule has 0 saturated carbocycles. The van der Waals surface area contributed by atoms with Crippen molar-refractivity contribution in [2.24, 2.45) is 5.92 Å². The largest absolute Gasteiger partial charge is 0.508 e. The molecule has 2 N–H and O–H groups in total. The summed E-state index contributed by atoms with van der Waals surface area (Å²) < 4.78 is 12.5. The molecule has 0 bridgehead atoms. The zero-order valence-electron chi connectivity index (χ0n) is 22.5. The number of esters is 2. The van der Waals surface area contributed by atoms with Gasteiger partial charge >= 0.3 is 11.9 Å². The first-order valence-electron chi connectivity index (χ1n) is 12.9. The number of aryl methyl sites for hydroxylation is 2. The molecule has 0 saturated heterocycles. The number of phenols is 1. The van der Waals surface area contributed by atoms with Gasteiger partial charge in [-0.2, -0.15) is 0 Å². The van der Waals surface area contributed by atoms with Crippen LogP contribution in [0.3, 0.4) is 0 Å². The number of aliphatic hydroxyl groups excluding tert-OH is 1. The van der Waals surface area contributed by atoms with Crippen LogP contribution in [0.1, 0.15) is 63.3 Å². The number of rotatable bonds is 9. The Bertz CT molecular complexity index is 1480. The van der Waals surface area contributed by atoms with Crippen LogP contribution < -0.4 is 5.56 Å². The predicted molar refractivity (Wildman–Crippen MR) is 142 cm³/mol. The molecule has 1 aromatic carbocycles. The second-order valence-electron chi connectivity index (χ2n) is 10.0. The van der Waals surface area contributed by atoms with E-state index in [1.165, 1.54) is 13.8 Å². The van der Waals surface area contributed by atoms with Gasteiger partial charge in [0, 0.05) is 23.8 Å². The number of carbonyl (C=O) groups is 2. The Kier molecular flexibility index (Phi) is 7.60. The molecule has 0 aliphatic carbocycles. The molecular formula is C29H34N2O7. The highest BCUT2D eigenvalue weighted by Crippen LogP contribution is 2.37. The highest BCUT2D eigenvalue weighted by Gasteiger charge is 2.44. The van der Waals surface area contributed by atoms with Crippen molar-refractivity contribution < 1.29 is 29.3 Å². The van der Waals surface area contributed by atoms with E-state index in [9.17, 15) is 24.6 Å². The zero-order valence-corrected chi connectivity index (χ0v) is 22.5. The molecule has 9 heteroatoms. The van der Waals surface area contributed by atoms with Crippen LogP contribution >= 0.6 is 0 Å². The van der Waals surface area contributed by atoms with Gasteiger partial charge < -0.3 is 24.3 Å². The van der Waals surface area contributed by atoms with Gasteiger partial charge in [0.1, 0.15) is 12.4 Å². The fourth-order valence-electron chi connectivity index (χ4n) is 5.14. The average Bonchev–Trinajstić information content (AvgIpc) is 3.24. The van der Waals surface area contributed by atoms with Crippen molar-refractivity contribution in [3.63, 3.8) is 0 Å². The standard InChI is InChI=1S/C29H34N2O7/c1-6-8-18-11-25-26-22(20(7-2)21-12-19(34)9-10-24(21)30-26)13-31(25)27(35)23(18)15-37-28(36)29(5,16(3)14-32)38-17(4)33/h9-12,16,32,34H,6-8,13-15H2,1-5H3/t16?,29-/m0/s1. The number of phenolic OH excluding ortho intramolecular Hbond substituents is 1. The number of carbonyl (C=O) groups excluding carboxylic acids is 2. The van der Waals surface area contributed by atoms with Crippen LogP contribution in [0, 0.1) is 5.92 Å². The minimum Gasteiger partial charge on any atom is -0.508 e. The van der Waals surface area contributed by atoms with E-state index in [0.29, 0.717) is 30.6 Å². The van der Waals surface area contributed by atoms with E-state index in [4.69, 9.17) is 14.5 Å². The second-order valence-corrected chi connectivity index (χ2v) is 10.0. The summed E-state index contributed by atoms with van der Waals surface area (Å²) in [6.07, 6.45) is 2.08. The first-order valence-corrected chi connectivity index (χ1v) is 12.9. The van der Waals surface area contributed by atoms with Gasteiger partial charge in [-0.3, -0.25) is 9.59 Å². The number of ether oxygens (including phenoxy) is 2. The lowest BCUT2D eigenvalue weighted by Crippen LogP contribution is -2.48. The lowest BCUT2D eigenvalue weighted by atomic mass is 9.91. The van der Waals surface area contributed by atoms with Gasteiger partial charge in [0.15, 0.2) is 0 Å². The summed E-state index contributed by atoms with van der Waals surface area (Å²) in [5.41, 5.74) is 3.34. The predicted octanol–water partition coefficient (Wildman–Crippen LogP) is 3.64. The number of pyridine rings is 2. The molecule has 1 aliphatic rings. The Morgan fingerprint density at radius 3 is 2.58 bits per heavy atom. The van der Waals surface area contributed by atoms with Crippen molar-refractivity contribution in [1.82, 2.24) is 9.55 Å². The van der Waals surface area contributed by atoms with E-state index in [1.54, 1.807) is 29.7 Å². The fourth-order valence-corrected chi connectivity index (χ4v) is 5.14. The molecule has 0 spiro atoms. The lowest BCUT2D eigenvalue weighted by Gasteiger charge is -2.31. The topological polar surface area (TPSA) is 128 Å². The minimum absolute atomic E-state index is 0.159. The fraction of sp³-hybridized carbons (Fsp3) is 0.448. The Balaban J connectivity index is 1.76. The molecule has 2 aromatic heterocycles. The maximum atomic E-state index is 13.8. The zero-order chi connectivity index (χ0) is 27.8. The Hall–Kier alpha value is -3.72. The lowest BCUT2D eigenvalue weighted by molar-refractivity contribution is -0.188. The Morgan fingerprint density at radius 1 is 1.21 bits per heavy atom. The molecule has 38 heavy (non-hydrogen) atoms. The van der Waals surface area contributed by atoms with Crippen LogP contribution in [-0.4, -0.2) is 43.9 Å². The van der Waals surface area contributed by atoms with Crippen molar-refractivity contribution in [1.29, 1.82) is 0 Å². The number of hydrogen-bond donors (Lipinski definition) is 2. The molecule has 0 radical (unpaired) electrons. The number of aromatic hydroxyl groups is 1. The SMILES string of the molecule is CCCc1cc2n(c(=O)c1COC(=O)[C@@](C)(OC(C)=O)C(C)CO)Cc1c-2nc2ccc(O)cc2c1CC. The summed E-state index contributed by atoms with van der Waals surface area (Å²) in [4.78, 5) is 43.4. The third-order valence-corrected chi connectivity index (χ3v) is 7.43. The highest BCUT2D eigenvalue weighted by molar-refractivity contribution is 5.89. The third kappa shape index (κ3) is 4.67. The Labute approximate surface area is 221 Å². The van der Waals surface area contributed by atoms with Crippen LogP contribution in [0.15, 0.2) is 29.1 Å². The van der Waals surface area contributed by atoms with Crippen molar-refractivity contribution in [2.45, 2.75) is 72.6 Å². The summed E-state index contributed by atoms with van der Waals surface area (Å²) in [7, 11) is 0. The second kappa shape index (κ2) is 10.6. The van der Waals surface area contributed by atoms with Gasteiger partial charge in [0.25, 0.3) is 5.56 Å². The number of benzene rings is 1. The molecule has 202 valence electrons. The molecule has 0 fully saturated rings. The number of aliphatic hydroxyl groups is 1. The van der Waals surface area contributed by atoms with Crippen LogP contribution in [0.25, 0.3) is 22.3 Å². The van der Waals surface area contributed by atoms with E-state index in [0.717, 1.165) is 39.7 Å². The van der Waals surface area contributed by atoms with Crippen molar-refractivity contribution in [2.75, 3.05) is 6.61 Å². The van der Waals surface area contributed by atoms with E-state index in [2.05, 4.69) is 0 Å². The molecule has 2 atom stereocenters. The van der Waals surface area contributed by atoms with Crippen molar-refractivity contribution in [3.8, 4) is 17.1 Å². The van der Waals surface area contributed by atoms with Crippen LogP contribution in [0.2, 0.25) is 0 Å². The van der Waals surface area contributed by atoms with E-state index in [1.807, 2.05) is 19.9 Å². The van der Waals surface area contributed by atoms with E-state index in [-0.39, 0.29) is 17.9 Å². The number of hydrogen-bond acceptors (Lipinski definition) is 8. The van der Waals surface area contributed by atoms with E-state index >= 15 is 0 Å². The first kappa shape index (κ1) is 27.3. The first-order chi connectivity index (χ1) is 18.0. The van der Waals surface area contributed by atoms with Crippen molar-refractivity contribution >= 4 is 22.8 Å². The van der Waals surface area contributed by atoms with Gasteiger partial charge in [-0.25, -0.2) is 9.78 Å². The maximum absolute atomic E-state index is 13.8. The summed E-state index contributed by atoms with van der Waals surface area (Å²) in [6.45, 7) is 7.84. The van der Waals surface area contributed by atoms with Gasteiger partial charge in [-0.05, 0) is 55.2 Å². The van der Waals surface area contributed by atoms with Crippen LogP contribution in [-0.2, 0) is 45.1 Å². The molecule has 4 rings (SSSR count). The van der Waals surface area contributed by atoms with Gasteiger partial charge in [0.05, 0.1) is 35.6 Å². The number of aromatic nitrogens is 2. The molecule has 3 aromatic rings. The van der Waals surface area contributed by atoms with E-state index < -0.39 is 30.1 Å². The monoisotopic (exact) mass is 522 g/mol. The van der Waals surface area contributed by atoms with Crippen LogP contribution in [0.4, 0.5) is 0 Å². The minimum atomic E-state index is -1.69. The van der Waals surface area contributed by atoms with Crippen LogP contribution in [0.5, 0.6) is 5.75 Å². The molecule has 1 unspecified atom stereocenters. The average molecular weight is 523 g/mol. The summed E-state index contributed by atoms with van der Waals surface area (Å²) in [5, 5.41) is 20.5.